The van der Waals surface area contributed by atoms with E-state index in [4.69, 9.17) is 0 Å². The summed E-state index contributed by atoms with van der Waals surface area (Å²) in [5.41, 5.74) is 6.80. The van der Waals surface area contributed by atoms with E-state index < -0.39 is 0 Å². The highest BCUT2D eigenvalue weighted by Crippen LogP contribution is 2.30. The Hall–Kier alpha value is -2.70. The van der Waals surface area contributed by atoms with Gasteiger partial charge in [0.25, 0.3) is 0 Å². The summed E-state index contributed by atoms with van der Waals surface area (Å²) >= 11 is 2.78. The van der Waals surface area contributed by atoms with Gasteiger partial charge in [-0.05, 0) is 62.1 Å². The number of benzene rings is 3. The number of H-pyrrole nitrogens is 2. The first kappa shape index (κ1) is 17.4. The van der Waals surface area contributed by atoms with Gasteiger partial charge in [-0.1, -0.05) is 12.1 Å². The predicted octanol–water partition coefficient (Wildman–Crippen LogP) is 5.59. The Morgan fingerprint density at radius 3 is 1.39 bits per heavy atom. The molecule has 2 N–H and O–H groups in total. The standard InChI is InChI=1S/C22H18N2O2S2/c1-9-5-11(3)15-13(7-9)27-21-17(23-15)20(26)22-18(19(21)25)24-16-12(4)6-10(2)8-14(16)28-22/h5-8,23-24H,1-4H3. The fourth-order valence-electron chi connectivity index (χ4n) is 3.89. The minimum Gasteiger partial charge on any atom is -0.350 e. The minimum absolute atomic E-state index is 0.120. The van der Waals surface area contributed by atoms with E-state index in [2.05, 4.69) is 34.2 Å². The molecule has 0 aliphatic rings. The van der Waals surface area contributed by atoms with Crippen LogP contribution in [0.4, 0.5) is 0 Å². The average Bonchev–Trinajstić information content (AvgIpc) is 2.64. The summed E-state index contributed by atoms with van der Waals surface area (Å²) in [6.45, 7) is 8.10. The number of rotatable bonds is 0. The molecular weight excluding hydrogens is 388 g/mol. The SMILES string of the molecule is Cc1cc(C)c2[nH]c3c(=O)c4sc5cc(C)cc(C)c5[nH]c4c(=O)c3sc2c1. The van der Waals surface area contributed by atoms with Crippen molar-refractivity contribution >= 4 is 63.5 Å². The van der Waals surface area contributed by atoms with Crippen molar-refractivity contribution in [3.63, 3.8) is 0 Å². The van der Waals surface area contributed by atoms with Crippen LogP contribution in [0.15, 0.2) is 33.9 Å². The molecular formula is C22H18N2O2S2. The molecule has 140 valence electrons. The lowest BCUT2D eigenvalue weighted by atomic mass is 10.1. The van der Waals surface area contributed by atoms with Gasteiger partial charge < -0.3 is 9.97 Å². The zero-order chi connectivity index (χ0) is 19.7. The van der Waals surface area contributed by atoms with E-state index in [0.29, 0.717) is 20.4 Å². The largest absolute Gasteiger partial charge is 0.350 e. The van der Waals surface area contributed by atoms with E-state index >= 15 is 0 Å². The summed E-state index contributed by atoms with van der Waals surface area (Å²) in [6.07, 6.45) is 0. The molecule has 5 rings (SSSR count). The van der Waals surface area contributed by atoms with Gasteiger partial charge in [-0.15, -0.1) is 22.7 Å². The third-order valence-corrected chi connectivity index (χ3v) is 7.40. The third-order valence-electron chi connectivity index (χ3n) is 5.13. The molecule has 0 aliphatic carbocycles. The monoisotopic (exact) mass is 406 g/mol. The Morgan fingerprint density at radius 2 is 1.00 bits per heavy atom. The highest BCUT2D eigenvalue weighted by molar-refractivity contribution is 7.25. The van der Waals surface area contributed by atoms with Crippen LogP contribution in [0.2, 0.25) is 0 Å². The van der Waals surface area contributed by atoms with E-state index in [9.17, 15) is 9.59 Å². The van der Waals surface area contributed by atoms with Gasteiger partial charge in [0.15, 0.2) is 0 Å². The molecule has 0 radical (unpaired) electrons. The highest BCUT2D eigenvalue weighted by Gasteiger charge is 2.16. The second-order valence-electron chi connectivity index (χ2n) is 7.43. The molecule has 28 heavy (non-hydrogen) atoms. The van der Waals surface area contributed by atoms with E-state index in [1.165, 1.54) is 22.7 Å². The smallest absolute Gasteiger partial charge is 0.222 e. The predicted molar refractivity (Wildman–Crippen MR) is 121 cm³/mol. The van der Waals surface area contributed by atoms with Crippen LogP contribution in [0.25, 0.3) is 40.9 Å². The summed E-state index contributed by atoms with van der Waals surface area (Å²) in [5.74, 6) is 0. The number of nitrogens with one attached hydrogen (secondary N) is 2. The summed E-state index contributed by atoms with van der Waals surface area (Å²) < 4.78 is 2.92. The quantitative estimate of drug-likeness (QED) is 0.329. The summed E-state index contributed by atoms with van der Waals surface area (Å²) in [7, 11) is 0. The van der Waals surface area contributed by atoms with Crippen LogP contribution in [0, 0.1) is 27.7 Å². The van der Waals surface area contributed by atoms with Crippen molar-refractivity contribution in [1.82, 2.24) is 9.97 Å². The van der Waals surface area contributed by atoms with Crippen LogP contribution in [-0.2, 0) is 0 Å². The van der Waals surface area contributed by atoms with E-state index in [1.807, 2.05) is 27.7 Å². The first-order valence-corrected chi connectivity index (χ1v) is 10.7. The van der Waals surface area contributed by atoms with Crippen LogP contribution in [-0.4, -0.2) is 9.97 Å². The van der Waals surface area contributed by atoms with Crippen LogP contribution in [0.3, 0.4) is 0 Å². The van der Waals surface area contributed by atoms with Crippen molar-refractivity contribution in [3.05, 3.63) is 67.0 Å². The first-order chi connectivity index (χ1) is 13.3. The van der Waals surface area contributed by atoms with Gasteiger partial charge in [0.05, 0.1) is 20.4 Å². The summed E-state index contributed by atoms with van der Waals surface area (Å²) in [6, 6.07) is 8.26. The fourth-order valence-corrected chi connectivity index (χ4v) is 6.33. The molecule has 0 bridgehead atoms. The normalized spacial score (nSPS) is 11.9. The maximum Gasteiger partial charge on any atom is 0.222 e. The zero-order valence-corrected chi connectivity index (χ0v) is 17.6. The van der Waals surface area contributed by atoms with Crippen molar-refractivity contribution in [2.75, 3.05) is 0 Å². The Labute approximate surface area is 168 Å². The van der Waals surface area contributed by atoms with Gasteiger partial charge in [-0.2, -0.15) is 0 Å². The van der Waals surface area contributed by atoms with Gasteiger partial charge in [0.2, 0.25) is 10.9 Å². The molecule has 2 heterocycles. The van der Waals surface area contributed by atoms with Crippen LogP contribution in [0.5, 0.6) is 0 Å². The molecule has 6 heteroatoms. The molecule has 0 amide bonds. The highest BCUT2D eigenvalue weighted by atomic mass is 32.1. The van der Waals surface area contributed by atoms with E-state index in [-0.39, 0.29) is 10.9 Å². The van der Waals surface area contributed by atoms with Gasteiger partial charge in [0.1, 0.15) is 20.4 Å². The molecule has 0 aliphatic heterocycles. The molecule has 0 unspecified atom stereocenters. The molecule has 0 spiro atoms. The van der Waals surface area contributed by atoms with Crippen LogP contribution >= 0.6 is 22.7 Å². The number of aromatic amines is 2. The van der Waals surface area contributed by atoms with E-state index in [0.717, 1.165) is 42.7 Å². The Morgan fingerprint density at radius 1 is 0.607 bits per heavy atom. The van der Waals surface area contributed by atoms with Gasteiger partial charge in [0, 0.05) is 0 Å². The topological polar surface area (TPSA) is 65.7 Å². The zero-order valence-electron chi connectivity index (χ0n) is 15.9. The molecule has 5 aromatic rings. The number of aryl methyl sites for hydroxylation is 4. The third kappa shape index (κ3) is 2.41. The molecule has 0 saturated carbocycles. The average molecular weight is 407 g/mol. The maximum atomic E-state index is 13.3. The number of aromatic nitrogens is 2. The lowest BCUT2D eigenvalue weighted by Crippen LogP contribution is -2.14. The van der Waals surface area contributed by atoms with Crippen molar-refractivity contribution < 1.29 is 0 Å². The summed E-state index contributed by atoms with van der Waals surface area (Å²) in [5, 5.41) is 0. The Kier molecular flexibility index (Phi) is 3.66. The van der Waals surface area contributed by atoms with Crippen molar-refractivity contribution in [2.24, 2.45) is 0 Å². The number of hydrogen-bond donors (Lipinski definition) is 2. The Balaban J connectivity index is 2.04. The number of hydrogen-bond acceptors (Lipinski definition) is 4. The van der Waals surface area contributed by atoms with Gasteiger partial charge in [-0.3, -0.25) is 9.59 Å². The lowest BCUT2D eigenvalue weighted by molar-refractivity contribution is 1.37. The fraction of sp³-hybridized carbons (Fsp3) is 0.182. The van der Waals surface area contributed by atoms with E-state index in [1.54, 1.807) is 0 Å². The van der Waals surface area contributed by atoms with Crippen LogP contribution < -0.4 is 10.9 Å². The van der Waals surface area contributed by atoms with Crippen molar-refractivity contribution in [3.8, 4) is 0 Å². The molecule has 4 nitrogen and oxygen atoms in total. The number of fused-ring (bicyclic) bond motifs is 4. The minimum atomic E-state index is -0.120. The molecule has 3 aromatic carbocycles. The van der Waals surface area contributed by atoms with Crippen molar-refractivity contribution in [2.45, 2.75) is 27.7 Å². The van der Waals surface area contributed by atoms with Gasteiger partial charge in [-0.25, -0.2) is 0 Å². The maximum absolute atomic E-state index is 13.3. The second-order valence-corrected chi connectivity index (χ2v) is 9.53. The van der Waals surface area contributed by atoms with Gasteiger partial charge >= 0.3 is 0 Å². The lowest BCUT2D eigenvalue weighted by Gasteiger charge is -2.09. The first-order valence-electron chi connectivity index (χ1n) is 9.03. The molecule has 0 fully saturated rings. The van der Waals surface area contributed by atoms with Crippen molar-refractivity contribution in [1.29, 1.82) is 0 Å². The van der Waals surface area contributed by atoms with Crippen LogP contribution in [0.1, 0.15) is 22.3 Å². The second kappa shape index (κ2) is 5.90. The Bertz CT molecular complexity index is 1480. The molecule has 0 saturated heterocycles. The molecule has 0 atom stereocenters. The summed E-state index contributed by atoms with van der Waals surface area (Å²) in [4.78, 5) is 33.1. The molecule has 2 aromatic heterocycles.